The van der Waals surface area contributed by atoms with E-state index in [0.29, 0.717) is 5.56 Å². The highest BCUT2D eigenvalue weighted by Crippen LogP contribution is 2.41. The zero-order valence-corrected chi connectivity index (χ0v) is 17.2. The van der Waals surface area contributed by atoms with Crippen LogP contribution in [0.2, 0.25) is 0 Å². The molecule has 1 amide bonds. The molecule has 0 radical (unpaired) electrons. The largest absolute Gasteiger partial charge is 0.329 e. The molecule has 148 valence electrons. The predicted molar refractivity (Wildman–Crippen MR) is 109 cm³/mol. The van der Waals surface area contributed by atoms with Crippen molar-refractivity contribution in [3.05, 3.63) is 65.2 Å². The van der Waals surface area contributed by atoms with Gasteiger partial charge in [0.2, 0.25) is 10.0 Å². The van der Waals surface area contributed by atoms with Crippen molar-refractivity contribution in [2.45, 2.75) is 49.1 Å². The van der Waals surface area contributed by atoms with E-state index in [1.807, 2.05) is 11.0 Å². The number of nitrogens with zero attached hydrogens (tertiary/aromatic N) is 2. The fourth-order valence-corrected chi connectivity index (χ4v) is 4.96. The van der Waals surface area contributed by atoms with E-state index >= 15 is 0 Å². The van der Waals surface area contributed by atoms with E-state index in [1.54, 1.807) is 12.1 Å². The molecule has 1 atom stereocenters. The molecule has 0 saturated heterocycles. The standard InChI is InChI=1S/C22H26N2O3S/c1-23(2)28(26,27)19-14-10-17(11-15-19)22(25)24(18-12-13-18)21-9-5-7-16-6-3-4-8-20(16)21/h3-4,6,8,10-11,14-15,18,21H,5,7,9,12-13H2,1-2H3. The maximum Gasteiger partial charge on any atom is 0.254 e. The molecule has 28 heavy (non-hydrogen) atoms. The maximum absolute atomic E-state index is 13.4. The molecule has 1 unspecified atom stereocenters. The van der Waals surface area contributed by atoms with Crippen LogP contribution in [-0.4, -0.2) is 43.7 Å². The second-order valence-corrected chi connectivity index (χ2v) is 10.0. The van der Waals surface area contributed by atoms with Gasteiger partial charge in [-0.1, -0.05) is 24.3 Å². The van der Waals surface area contributed by atoms with Crippen molar-refractivity contribution >= 4 is 15.9 Å². The Labute approximate surface area is 167 Å². The van der Waals surface area contributed by atoms with Gasteiger partial charge >= 0.3 is 0 Å². The van der Waals surface area contributed by atoms with E-state index < -0.39 is 10.0 Å². The van der Waals surface area contributed by atoms with Crippen molar-refractivity contribution in [3.63, 3.8) is 0 Å². The van der Waals surface area contributed by atoms with E-state index in [2.05, 4.69) is 18.2 Å². The minimum atomic E-state index is -3.50. The Kier molecular flexibility index (Phi) is 5.02. The fraction of sp³-hybridized carbons (Fsp3) is 0.409. The van der Waals surface area contributed by atoms with Gasteiger partial charge in [0.05, 0.1) is 10.9 Å². The molecule has 1 fully saturated rings. The summed E-state index contributed by atoms with van der Waals surface area (Å²) in [5, 5.41) is 0. The molecule has 0 aliphatic heterocycles. The molecule has 5 nitrogen and oxygen atoms in total. The van der Waals surface area contributed by atoms with Gasteiger partial charge in [-0.25, -0.2) is 12.7 Å². The molecule has 0 spiro atoms. The number of benzene rings is 2. The lowest BCUT2D eigenvalue weighted by Crippen LogP contribution is -2.38. The summed E-state index contributed by atoms with van der Waals surface area (Å²) in [6, 6.07) is 15.2. The predicted octanol–water partition coefficient (Wildman–Crippen LogP) is 3.62. The summed E-state index contributed by atoms with van der Waals surface area (Å²) >= 11 is 0. The van der Waals surface area contributed by atoms with Crippen LogP contribution in [0, 0.1) is 0 Å². The van der Waals surface area contributed by atoms with Crippen LogP contribution in [-0.2, 0) is 16.4 Å². The van der Waals surface area contributed by atoms with Crippen LogP contribution >= 0.6 is 0 Å². The van der Waals surface area contributed by atoms with Crippen LogP contribution in [0.3, 0.4) is 0 Å². The minimum absolute atomic E-state index is 0.00185. The van der Waals surface area contributed by atoms with Crippen LogP contribution in [0.5, 0.6) is 0 Å². The molecule has 0 N–H and O–H groups in total. The van der Waals surface area contributed by atoms with Crippen molar-refractivity contribution in [2.24, 2.45) is 0 Å². The summed E-state index contributed by atoms with van der Waals surface area (Å²) in [6.07, 6.45) is 5.20. The smallest absolute Gasteiger partial charge is 0.254 e. The number of fused-ring (bicyclic) bond motifs is 1. The molecule has 1 saturated carbocycles. The summed E-state index contributed by atoms with van der Waals surface area (Å²) in [5.74, 6) is -0.00185. The maximum atomic E-state index is 13.4. The Bertz CT molecular complexity index is 979. The van der Waals surface area contributed by atoms with Gasteiger partial charge in [0.15, 0.2) is 0 Å². The molecule has 2 aromatic rings. The van der Waals surface area contributed by atoms with Crippen molar-refractivity contribution in [2.75, 3.05) is 14.1 Å². The van der Waals surface area contributed by atoms with Crippen molar-refractivity contribution < 1.29 is 13.2 Å². The first-order valence-corrected chi connectivity index (χ1v) is 11.3. The number of hydrogen-bond acceptors (Lipinski definition) is 3. The van der Waals surface area contributed by atoms with Gasteiger partial charge in [-0.05, 0) is 67.5 Å². The minimum Gasteiger partial charge on any atom is -0.329 e. The lowest BCUT2D eigenvalue weighted by molar-refractivity contribution is 0.0638. The van der Waals surface area contributed by atoms with E-state index in [4.69, 9.17) is 0 Å². The second kappa shape index (κ2) is 7.33. The van der Waals surface area contributed by atoms with Crippen molar-refractivity contribution in [3.8, 4) is 0 Å². The highest BCUT2D eigenvalue weighted by atomic mass is 32.2. The lowest BCUT2D eigenvalue weighted by atomic mass is 9.86. The first-order chi connectivity index (χ1) is 13.4. The van der Waals surface area contributed by atoms with Gasteiger partial charge in [0, 0.05) is 25.7 Å². The van der Waals surface area contributed by atoms with Gasteiger partial charge in [-0.15, -0.1) is 0 Å². The number of sulfonamides is 1. The van der Waals surface area contributed by atoms with E-state index in [-0.39, 0.29) is 22.9 Å². The van der Waals surface area contributed by atoms with Gasteiger partial charge < -0.3 is 4.90 Å². The number of aryl methyl sites for hydroxylation is 1. The molecule has 0 heterocycles. The van der Waals surface area contributed by atoms with Crippen LogP contribution in [0.15, 0.2) is 53.4 Å². The van der Waals surface area contributed by atoms with Crippen LogP contribution < -0.4 is 0 Å². The van der Waals surface area contributed by atoms with E-state index in [9.17, 15) is 13.2 Å². The zero-order chi connectivity index (χ0) is 19.9. The molecular formula is C22H26N2O3S. The van der Waals surface area contributed by atoms with Crippen LogP contribution in [0.1, 0.15) is 53.2 Å². The summed E-state index contributed by atoms with van der Waals surface area (Å²) in [6.45, 7) is 0. The van der Waals surface area contributed by atoms with Crippen molar-refractivity contribution in [1.29, 1.82) is 0 Å². The van der Waals surface area contributed by atoms with E-state index in [1.165, 1.54) is 41.7 Å². The Balaban J connectivity index is 1.64. The number of rotatable bonds is 5. The average molecular weight is 399 g/mol. The molecule has 2 aromatic carbocycles. The summed E-state index contributed by atoms with van der Waals surface area (Å²) < 4.78 is 25.7. The zero-order valence-electron chi connectivity index (χ0n) is 16.3. The van der Waals surface area contributed by atoms with Gasteiger partial charge in [-0.2, -0.15) is 0 Å². The third-order valence-corrected chi connectivity index (χ3v) is 7.56. The molecule has 0 aromatic heterocycles. The van der Waals surface area contributed by atoms with E-state index in [0.717, 1.165) is 32.1 Å². The average Bonchev–Trinajstić information content (AvgIpc) is 3.53. The molecule has 2 aliphatic rings. The topological polar surface area (TPSA) is 57.7 Å². The summed E-state index contributed by atoms with van der Waals surface area (Å²) in [4.78, 5) is 15.6. The summed E-state index contributed by atoms with van der Waals surface area (Å²) in [5.41, 5.74) is 3.15. The van der Waals surface area contributed by atoms with Crippen LogP contribution in [0.4, 0.5) is 0 Å². The molecule has 4 rings (SSSR count). The molecule has 2 aliphatic carbocycles. The summed E-state index contributed by atoms with van der Waals surface area (Å²) in [7, 11) is -0.488. The molecular weight excluding hydrogens is 372 g/mol. The Morgan fingerprint density at radius 2 is 1.64 bits per heavy atom. The first-order valence-electron chi connectivity index (χ1n) is 9.82. The number of hydrogen-bond donors (Lipinski definition) is 0. The van der Waals surface area contributed by atoms with Gasteiger partial charge in [-0.3, -0.25) is 4.79 Å². The monoisotopic (exact) mass is 398 g/mol. The third kappa shape index (κ3) is 3.47. The Morgan fingerprint density at radius 1 is 0.964 bits per heavy atom. The third-order valence-electron chi connectivity index (χ3n) is 5.73. The fourth-order valence-electron chi connectivity index (χ4n) is 4.06. The van der Waals surface area contributed by atoms with Crippen LogP contribution in [0.25, 0.3) is 0 Å². The van der Waals surface area contributed by atoms with Gasteiger partial charge in [0.25, 0.3) is 5.91 Å². The normalized spacial score (nSPS) is 19.3. The molecule has 0 bridgehead atoms. The number of amides is 1. The Morgan fingerprint density at radius 3 is 2.29 bits per heavy atom. The molecule has 6 heteroatoms. The highest BCUT2D eigenvalue weighted by molar-refractivity contribution is 7.89. The Hall–Kier alpha value is -2.18. The second-order valence-electron chi connectivity index (χ2n) is 7.86. The quantitative estimate of drug-likeness (QED) is 0.773. The SMILES string of the molecule is CN(C)S(=O)(=O)c1ccc(C(=O)N(C2CC2)C2CCCc3ccccc32)cc1. The first kappa shape index (κ1) is 19.2. The number of carbonyl (C=O) groups is 1. The highest BCUT2D eigenvalue weighted by Gasteiger charge is 2.39. The lowest BCUT2D eigenvalue weighted by Gasteiger charge is -2.36. The van der Waals surface area contributed by atoms with Crippen molar-refractivity contribution in [1.82, 2.24) is 9.21 Å². The number of carbonyl (C=O) groups excluding carboxylic acids is 1. The van der Waals surface area contributed by atoms with Gasteiger partial charge in [0.1, 0.15) is 0 Å².